The standard InChI is InChI=1S/C14H28/c1-4-5-7-13-8-6-9-14(11-13)10-12(2)3/h12-14H,4-11H2,1-3H3. The molecule has 0 saturated heterocycles. The highest BCUT2D eigenvalue weighted by atomic mass is 14.3. The highest BCUT2D eigenvalue weighted by molar-refractivity contribution is 4.74. The normalized spacial score (nSPS) is 28.3. The van der Waals surface area contributed by atoms with E-state index in [0.717, 1.165) is 17.8 Å². The molecule has 1 aliphatic carbocycles. The van der Waals surface area contributed by atoms with Gasteiger partial charge in [-0.05, 0) is 30.6 Å². The smallest absolute Gasteiger partial charge is 0.0409 e. The lowest BCUT2D eigenvalue weighted by molar-refractivity contribution is 0.224. The molecule has 1 rings (SSSR count). The molecule has 0 aromatic rings. The highest BCUT2D eigenvalue weighted by Gasteiger charge is 2.21. The maximum atomic E-state index is 2.37. The zero-order chi connectivity index (χ0) is 10.4. The third kappa shape index (κ3) is 4.48. The average Bonchev–Trinajstić information content (AvgIpc) is 2.14. The van der Waals surface area contributed by atoms with Gasteiger partial charge in [-0.3, -0.25) is 0 Å². The monoisotopic (exact) mass is 196 g/mol. The first kappa shape index (κ1) is 12.1. The van der Waals surface area contributed by atoms with Gasteiger partial charge in [-0.2, -0.15) is 0 Å². The molecule has 14 heavy (non-hydrogen) atoms. The molecule has 0 aromatic heterocycles. The topological polar surface area (TPSA) is 0 Å². The molecule has 0 spiro atoms. The van der Waals surface area contributed by atoms with Gasteiger partial charge in [0.2, 0.25) is 0 Å². The van der Waals surface area contributed by atoms with E-state index in [1.165, 1.54) is 51.4 Å². The van der Waals surface area contributed by atoms with E-state index in [2.05, 4.69) is 20.8 Å². The van der Waals surface area contributed by atoms with Crippen LogP contribution in [0.3, 0.4) is 0 Å². The Morgan fingerprint density at radius 2 is 1.86 bits per heavy atom. The van der Waals surface area contributed by atoms with Crippen molar-refractivity contribution < 1.29 is 0 Å². The molecule has 84 valence electrons. The van der Waals surface area contributed by atoms with Gasteiger partial charge in [0, 0.05) is 0 Å². The molecule has 0 bridgehead atoms. The third-order valence-electron chi connectivity index (χ3n) is 3.66. The van der Waals surface area contributed by atoms with E-state index in [-0.39, 0.29) is 0 Å². The van der Waals surface area contributed by atoms with Crippen molar-refractivity contribution in [3.8, 4) is 0 Å². The van der Waals surface area contributed by atoms with Gasteiger partial charge in [0.25, 0.3) is 0 Å². The molecule has 0 amide bonds. The van der Waals surface area contributed by atoms with Crippen molar-refractivity contribution in [2.75, 3.05) is 0 Å². The summed E-state index contributed by atoms with van der Waals surface area (Å²) in [7, 11) is 0. The van der Waals surface area contributed by atoms with Crippen LogP contribution in [0.15, 0.2) is 0 Å². The summed E-state index contributed by atoms with van der Waals surface area (Å²) >= 11 is 0. The number of rotatable bonds is 5. The molecule has 0 heteroatoms. The van der Waals surface area contributed by atoms with E-state index in [9.17, 15) is 0 Å². The zero-order valence-corrected chi connectivity index (χ0v) is 10.4. The first-order chi connectivity index (χ1) is 6.72. The van der Waals surface area contributed by atoms with Crippen molar-refractivity contribution in [3.63, 3.8) is 0 Å². The summed E-state index contributed by atoms with van der Waals surface area (Å²) in [5.74, 6) is 3.04. The van der Waals surface area contributed by atoms with Crippen LogP contribution < -0.4 is 0 Å². The van der Waals surface area contributed by atoms with Gasteiger partial charge in [0.05, 0.1) is 0 Å². The maximum Gasteiger partial charge on any atom is -0.0409 e. The van der Waals surface area contributed by atoms with Gasteiger partial charge in [-0.15, -0.1) is 0 Å². The van der Waals surface area contributed by atoms with E-state index >= 15 is 0 Å². The molecule has 0 radical (unpaired) electrons. The molecular weight excluding hydrogens is 168 g/mol. The predicted octanol–water partition coefficient (Wildman–Crippen LogP) is 5.03. The third-order valence-corrected chi connectivity index (χ3v) is 3.66. The molecular formula is C14H28. The summed E-state index contributed by atoms with van der Waals surface area (Å²) in [5, 5.41) is 0. The van der Waals surface area contributed by atoms with Crippen molar-refractivity contribution in [1.29, 1.82) is 0 Å². The Hall–Kier alpha value is 0. The predicted molar refractivity (Wildman–Crippen MR) is 64.4 cm³/mol. The summed E-state index contributed by atoms with van der Waals surface area (Å²) in [6.45, 7) is 7.06. The molecule has 0 N–H and O–H groups in total. The summed E-state index contributed by atoms with van der Waals surface area (Å²) in [6, 6.07) is 0. The van der Waals surface area contributed by atoms with Gasteiger partial charge < -0.3 is 0 Å². The van der Waals surface area contributed by atoms with Crippen LogP contribution in [0, 0.1) is 17.8 Å². The molecule has 1 saturated carbocycles. The van der Waals surface area contributed by atoms with Crippen molar-refractivity contribution in [1.82, 2.24) is 0 Å². The number of unbranched alkanes of at least 4 members (excludes halogenated alkanes) is 1. The Labute approximate surface area is 90.5 Å². The first-order valence-electron chi connectivity index (χ1n) is 6.72. The quantitative estimate of drug-likeness (QED) is 0.578. The molecule has 1 aliphatic rings. The van der Waals surface area contributed by atoms with Crippen molar-refractivity contribution >= 4 is 0 Å². The number of hydrogen-bond acceptors (Lipinski definition) is 0. The molecule has 0 heterocycles. The lowest BCUT2D eigenvalue weighted by Crippen LogP contribution is -2.17. The van der Waals surface area contributed by atoms with E-state index < -0.39 is 0 Å². The van der Waals surface area contributed by atoms with Gasteiger partial charge >= 0.3 is 0 Å². The fourth-order valence-corrected chi connectivity index (χ4v) is 3.04. The molecule has 2 atom stereocenters. The van der Waals surface area contributed by atoms with Crippen LogP contribution in [0.2, 0.25) is 0 Å². The largest absolute Gasteiger partial charge is 0.0654 e. The zero-order valence-electron chi connectivity index (χ0n) is 10.4. The highest BCUT2D eigenvalue weighted by Crippen LogP contribution is 2.35. The lowest BCUT2D eigenvalue weighted by Gasteiger charge is -2.30. The second kappa shape index (κ2) is 6.48. The Bertz CT molecular complexity index is 137. The minimum absolute atomic E-state index is 0.907. The molecule has 0 nitrogen and oxygen atoms in total. The minimum Gasteiger partial charge on any atom is -0.0654 e. The second-order valence-corrected chi connectivity index (χ2v) is 5.67. The summed E-state index contributed by atoms with van der Waals surface area (Å²) < 4.78 is 0. The van der Waals surface area contributed by atoms with Crippen LogP contribution in [0.4, 0.5) is 0 Å². The fourth-order valence-electron chi connectivity index (χ4n) is 3.04. The van der Waals surface area contributed by atoms with Crippen molar-refractivity contribution in [2.24, 2.45) is 17.8 Å². The maximum absolute atomic E-state index is 2.37. The van der Waals surface area contributed by atoms with Gasteiger partial charge in [0.15, 0.2) is 0 Å². The fraction of sp³-hybridized carbons (Fsp3) is 1.00. The minimum atomic E-state index is 0.907. The van der Waals surface area contributed by atoms with Crippen LogP contribution in [0.1, 0.15) is 72.1 Å². The Morgan fingerprint density at radius 3 is 2.50 bits per heavy atom. The van der Waals surface area contributed by atoms with E-state index in [4.69, 9.17) is 0 Å². The summed E-state index contributed by atoms with van der Waals surface area (Å²) in [6.07, 6.45) is 11.9. The summed E-state index contributed by atoms with van der Waals surface area (Å²) in [4.78, 5) is 0. The van der Waals surface area contributed by atoms with Crippen molar-refractivity contribution in [2.45, 2.75) is 72.1 Å². The Balaban J connectivity index is 2.21. The molecule has 1 fully saturated rings. The summed E-state index contributed by atoms with van der Waals surface area (Å²) in [5.41, 5.74) is 0. The van der Waals surface area contributed by atoms with E-state index in [1.54, 1.807) is 0 Å². The van der Waals surface area contributed by atoms with Crippen molar-refractivity contribution in [3.05, 3.63) is 0 Å². The first-order valence-corrected chi connectivity index (χ1v) is 6.72. The molecule has 0 aromatic carbocycles. The van der Waals surface area contributed by atoms with Gasteiger partial charge in [-0.25, -0.2) is 0 Å². The average molecular weight is 196 g/mol. The second-order valence-electron chi connectivity index (χ2n) is 5.67. The van der Waals surface area contributed by atoms with E-state index in [0.29, 0.717) is 0 Å². The van der Waals surface area contributed by atoms with E-state index in [1.807, 2.05) is 0 Å². The number of hydrogen-bond donors (Lipinski definition) is 0. The molecule has 2 unspecified atom stereocenters. The Morgan fingerprint density at radius 1 is 1.14 bits per heavy atom. The lowest BCUT2D eigenvalue weighted by atomic mass is 9.76. The van der Waals surface area contributed by atoms with Crippen LogP contribution >= 0.6 is 0 Å². The van der Waals surface area contributed by atoms with Crippen LogP contribution in [0.5, 0.6) is 0 Å². The van der Waals surface area contributed by atoms with Crippen LogP contribution in [-0.2, 0) is 0 Å². The van der Waals surface area contributed by atoms with Crippen LogP contribution in [-0.4, -0.2) is 0 Å². The van der Waals surface area contributed by atoms with Gasteiger partial charge in [0.1, 0.15) is 0 Å². The van der Waals surface area contributed by atoms with Gasteiger partial charge in [-0.1, -0.05) is 59.3 Å². The SMILES string of the molecule is CCCCC1CCCC(CC(C)C)C1. The van der Waals surface area contributed by atoms with Crippen LogP contribution in [0.25, 0.3) is 0 Å². The molecule has 0 aliphatic heterocycles. The Kier molecular flexibility index (Phi) is 5.59.